The molecule has 0 saturated carbocycles. The third-order valence-electron chi connectivity index (χ3n) is 5.52. The van der Waals surface area contributed by atoms with E-state index < -0.39 is 0 Å². The molecule has 3 aromatic heterocycles. The Hall–Kier alpha value is -3.36. The summed E-state index contributed by atoms with van der Waals surface area (Å²) < 4.78 is 7.05. The van der Waals surface area contributed by atoms with Gasteiger partial charge in [-0.1, -0.05) is 23.7 Å². The van der Waals surface area contributed by atoms with Crippen LogP contribution in [0, 0.1) is 0 Å². The van der Waals surface area contributed by atoms with Crippen LogP contribution in [0.25, 0.3) is 33.4 Å². The molecule has 0 amide bonds. The third-order valence-corrected chi connectivity index (χ3v) is 5.84. The molecular formula is C23H21ClN6O2. The summed E-state index contributed by atoms with van der Waals surface area (Å²) in [4.78, 5) is 30.8. The second-order valence-electron chi connectivity index (χ2n) is 7.57. The number of nitrogens with one attached hydrogen (secondary N) is 1. The highest BCUT2D eigenvalue weighted by molar-refractivity contribution is 6.33. The second-order valence-corrected chi connectivity index (χ2v) is 7.98. The van der Waals surface area contributed by atoms with Crippen molar-refractivity contribution in [1.82, 2.24) is 24.5 Å². The van der Waals surface area contributed by atoms with Gasteiger partial charge in [0.05, 0.1) is 24.5 Å². The van der Waals surface area contributed by atoms with E-state index in [1.165, 1.54) is 0 Å². The summed E-state index contributed by atoms with van der Waals surface area (Å²) in [7, 11) is 0. The zero-order chi connectivity index (χ0) is 22.1. The predicted octanol–water partition coefficient (Wildman–Crippen LogP) is 3.79. The van der Waals surface area contributed by atoms with Gasteiger partial charge in [0.15, 0.2) is 0 Å². The number of anilines is 1. The van der Waals surface area contributed by atoms with Crippen molar-refractivity contribution in [2.45, 2.75) is 25.9 Å². The highest BCUT2D eigenvalue weighted by Crippen LogP contribution is 2.31. The molecule has 1 atom stereocenters. The lowest BCUT2D eigenvalue weighted by atomic mass is 10.0. The average molecular weight is 449 g/mol. The summed E-state index contributed by atoms with van der Waals surface area (Å²) in [6, 6.07) is 7.51. The van der Waals surface area contributed by atoms with Crippen LogP contribution in [0.2, 0.25) is 5.02 Å². The summed E-state index contributed by atoms with van der Waals surface area (Å²) in [5, 5.41) is 4.52. The fraction of sp³-hybridized carbons (Fsp3) is 0.261. The Labute approximate surface area is 189 Å². The number of hydrogen-bond acceptors (Lipinski definition) is 7. The maximum absolute atomic E-state index is 13.4. The van der Waals surface area contributed by atoms with Gasteiger partial charge in [0.2, 0.25) is 5.95 Å². The quantitative estimate of drug-likeness (QED) is 0.496. The van der Waals surface area contributed by atoms with Crippen LogP contribution in [0.3, 0.4) is 0 Å². The number of aromatic nitrogens is 5. The summed E-state index contributed by atoms with van der Waals surface area (Å²) >= 11 is 6.60. The Morgan fingerprint density at radius 1 is 1.19 bits per heavy atom. The highest BCUT2D eigenvalue weighted by Gasteiger charge is 2.18. The van der Waals surface area contributed by atoms with E-state index >= 15 is 0 Å². The molecule has 8 nitrogen and oxygen atoms in total. The molecule has 5 rings (SSSR count). The number of nitrogens with zero attached hydrogens (tertiary/aromatic N) is 5. The van der Waals surface area contributed by atoms with Crippen molar-refractivity contribution in [1.29, 1.82) is 0 Å². The van der Waals surface area contributed by atoms with Gasteiger partial charge in [0, 0.05) is 58.8 Å². The fourth-order valence-corrected chi connectivity index (χ4v) is 4.17. The number of ether oxygens (including phenoxy) is 1. The van der Waals surface area contributed by atoms with Crippen LogP contribution in [-0.2, 0) is 11.3 Å². The second kappa shape index (κ2) is 8.64. The molecule has 0 unspecified atom stereocenters. The lowest BCUT2D eigenvalue weighted by molar-refractivity contribution is 0.195. The van der Waals surface area contributed by atoms with Crippen LogP contribution >= 0.6 is 11.6 Å². The summed E-state index contributed by atoms with van der Waals surface area (Å²) in [6.07, 6.45) is 7.56. The fourth-order valence-electron chi connectivity index (χ4n) is 3.89. The van der Waals surface area contributed by atoms with Crippen LogP contribution in [0.5, 0.6) is 0 Å². The van der Waals surface area contributed by atoms with Gasteiger partial charge in [0.25, 0.3) is 5.56 Å². The Morgan fingerprint density at radius 3 is 2.81 bits per heavy atom. The maximum Gasteiger partial charge on any atom is 0.260 e. The van der Waals surface area contributed by atoms with Gasteiger partial charge < -0.3 is 10.1 Å². The average Bonchev–Trinajstić information content (AvgIpc) is 3.33. The van der Waals surface area contributed by atoms with Gasteiger partial charge in [-0.3, -0.25) is 19.3 Å². The summed E-state index contributed by atoms with van der Waals surface area (Å²) in [5.74, 6) is 0.494. The number of rotatable bonds is 5. The number of hydrogen-bond donors (Lipinski definition) is 1. The first-order chi connectivity index (χ1) is 15.6. The topological polar surface area (TPSA) is 94.8 Å². The van der Waals surface area contributed by atoms with Gasteiger partial charge in [-0.05, 0) is 25.5 Å². The van der Waals surface area contributed by atoms with Crippen molar-refractivity contribution in [3.05, 3.63) is 64.4 Å². The van der Waals surface area contributed by atoms with Gasteiger partial charge in [-0.15, -0.1) is 0 Å². The van der Waals surface area contributed by atoms with Crippen molar-refractivity contribution in [3.63, 3.8) is 0 Å². The molecular weight excluding hydrogens is 428 g/mol. The zero-order valence-electron chi connectivity index (χ0n) is 17.5. The molecule has 0 bridgehead atoms. The number of halogens is 1. The van der Waals surface area contributed by atoms with E-state index in [1.54, 1.807) is 41.5 Å². The molecule has 0 radical (unpaired) electrons. The van der Waals surface area contributed by atoms with Crippen LogP contribution in [0.1, 0.15) is 13.3 Å². The van der Waals surface area contributed by atoms with Crippen molar-refractivity contribution in [2.24, 2.45) is 0 Å². The van der Waals surface area contributed by atoms with Crippen molar-refractivity contribution in [2.75, 3.05) is 18.5 Å². The monoisotopic (exact) mass is 448 g/mol. The van der Waals surface area contributed by atoms with Crippen LogP contribution < -0.4 is 10.9 Å². The summed E-state index contributed by atoms with van der Waals surface area (Å²) in [5.41, 5.74) is 3.14. The molecule has 32 heavy (non-hydrogen) atoms. The van der Waals surface area contributed by atoms with Crippen molar-refractivity contribution >= 4 is 28.6 Å². The van der Waals surface area contributed by atoms with E-state index in [0.29, 0.717) is 46.6 Å². The van der Waals surface area contributed by atoms with Crippen molar-refractivity contribution < 1.29 is 4.74 Å². The normalized spacial score (nSPS) is 15.9. The third kappa shape index (κ3) is 3.83. The zero-order valence-corrected chi connectivity index (χ0v) is 18.2. The number of fused-ring (bicyclic) bond motifs is 1. The lowest BCUT2D eigenvalue weighted by Gasteiger charge is -2.14. The Balaban J connectivity index is 1.57. The Bertz CT molecular complexity index is 1340. The smallest absolute Gasteiger partial charge is 0.260 e. The van der Waals surface area contributed by atoms with Gasteiger partial charge in [-0.25, -0.2) is 4.98 Å². The lowest BCUT2D eigenvalue weighted by Crippen LogP contribution is -2.24. The Morgan fingerprint density at radius 2 is 2.09 bits per heavy atom. The van der Waals surface area contributed by atoms with E-state index in [-0.39, 0.29) is 11.6 Å². The van der Waals surface area contributed by atoms with Crippen molar-refractivity contribution in [3.8, 4) is 22.4 Å². The Kier molecular flexibility index (Phi) is 5.55. The maximum atomic E-state index is 13.4. The van der Waals surface area contributed by atoms with E-state index in [2.05, 4.69) is 25.3 Å². The number of benzene rings is 1. The van der Waals surface area contributed by atoms with E-state index in [1.807, 2.05) is 19.1 Å². The minimum atomic E-state index is -0.150. The summed E-state index contributed by atoms with van der Waals surface area (Å²) in [6.45, 7) is 3.75. The molecule has 4 aromatic rings. The highest BCUT2D eigenvalue weighted by atomic mass is 35.5. The van der Waals surface area contributed by atoms with Crippen LogP contribution in [0.4, 0.5) is 5.95 Å². The van der Waals surface area contributed by atoms with E-state index in [9.17, 15) is 4.79 Å². The first-order valence-corrected chi connectivity index (χ1v) is 10.8. The van der Waals surface area contributed by atoms with E-state index in [0.717, 1.165) is 24.0 Å². The minimum Gasteiger partial charge on any atom is -0.379 e. The standard InChI is InChI=1S/C23H21ClN6O2/c1-2-30-21-15(11-27-23(29-21)28-16-5-8-32-13-16)9-18(22(30)31)17-4-3-14(10-19(17)24)20-12-25-6-7-26-20/h3-4,6-7,9-12,16H,2,5,8,13H2,1H3,(H,27,28,29)/t16-/m1/s1. The van der Waals surface area contributed by atoms with Crippen LogP contribution in [-0.4, -0.2) is 43.8 Å². The minimum absolute atomic E-state index is 0.150. The molecule has 1 fully saturated rings. The number of aryl methyl sites for hydroxylation is 1. The van der Waals surface area contributed by atoms with E-state index in [4.69, 9.17) is 16.3 Å². The molecule has 0 spiro atoms. The predicted molar refractivity (Wildman–Crippen MR) is 124 cm³/mol. The molecule has 4 heterocycles. The molecule has 1 aliphatic heterocycles. The largest absolute Gasteiger partial charge is 0.379 e. The SMILES string of the molecule is CCn1c(=O)c(-c2ccc(-c3cnccn3)cc2Cl)cc2cnc(N[C@@H]3CCOC3)nc21. The van der Waals surface area contributed by atoms with Gasteiger partial charge in [0.1, 0.15) is 5.65 Å². The molecule has 1 aromatic carbocycles. The van der Waals surface area contributed by atoms with Gasteiger partial charge in [-0.2, -0.15) is 4.98 Å². The molecule has 9 heteroatoms. The first-order valence-electron chi connectivity index (χ1n) is 10.4. The number of pyridine rings is 1. The molecule has 162 valence electrons. The van der Waals surface area contributed by atoms with Crippen LogP contribution in [0.15, 0.2) is 53.8 Å². The molecule has 0 aliphatic carbocycles. The first kappa shape index (κ1) is 20.5. The molecule has 1 saturated heterocycles. The van der Waals surface area contributed by atoms with Gasteiger partial charge >= 0.3 is 0 Å². The molecule has 1 N–H and O–H groups in total. The molecule has 1 aliphatic rings.